The van der Waals surface area contributed by atoms with Crippen LogP contribution in [0.3, 0.4) is 0 Å². The molecule has 0 amide bonds. The van der Waals surface area contributed by atoms with Crippen LogP contribution in [-0.2, 0) is 11.8 Å². The van der Waals surface area contributed by atoms with Gasteiger partial charge in [-0.25, -0.2) is 0 Å². The Morgan fingerprint density at radius 3 is 3.13 bits per heavy atom. The molecule has 2 rings (SSSR count). The number of terminal acetylenes is 1. The second-order valence-corrected chi connectivity index (χ2v) is 6.09. The first kappa shape index (κ1) is 20.1. The summed E-state index contributed by atoms with van der Waals surface area (Å²) in [7, 11) is 3.73. The molecule has 0 saturated carbocycles. The SMILES string of the molecule is C#CCSCCNC(=NC)N1CCOC(c2cnn(C)c2)C1.I. The van der Waals surface area contributed by atoms with Gasteiger partial charge in [0.25, 0.3) is 0 Å². The Morgan fingerprint density at radius 1 is 1.65 bits per heavy atom. The van der Waals surface area contributed by atoms with E-state index in [4.69, 9.17) is 11.2 Å². The predicted molar refractivity (Wildman–Crippen MR) is 106 cm³/mol. The van der Waals surface area contributed by atoms with Crippen LogP contribution in [0.25, 0.3) is 0 Å². The summed E-state index contributed by atoms with van der Waals surface area (Å²) in [6, 6.07) is 0. The molecule has 128 valence electrons. The fourth-order valence-electron chi connectivity index (χ4n) is 2.35. The molecule has 1 N–H and O–H groups in total. The van der Waals surface area contributed by atoms with Gasteiger partial charge in [-0.15, -0.1) is 42.2 Å². The lowest BCUT2D eigenvalue weighted by atomic mass is 10.1. The number of nitrogens with zero attached hydrogens (tertiary/aromatic N) is 4. The second kappa shape index (κ2) is 10.8. The fraction of sp³-hybridized carbons (Fsp3) is 0.600. The lowest BCUT2D eigenvalue weighted by molar-refractivity contribution is -0.00798. The van der Waals surface area contributed by atoms with E-state index in [2.05, 4.69) is 26.2 Å². The average Bonchev–Trinajstić information content (AvgIpc) is 2.98. The Balaban J connectivity index is 0.00000264. The normalized spacial score (nSPS) is 18.2. The third-order valence-electron chi connectivity index (χ3n) is 3.39. The molecule has 2 heterocycles. The Labute approximate surface area is 159 Å². The zero-order chi connectivity index (χ0) is 15.8. The molecule has 0 aliphatic carbocycles. The van der Waals surface area contributed by atoms with Gasteiger partial charge in [-0.3, -0.25) is 9.67 Å². The van der Waals surface area contributed by atoms with Gasteiger partial charge in [-0.2, -0.15) is 5.10 Å². The summed E-state index contributed by atoms with van der Waals surface area (Å²) in [4.78, 5) is 6.60. The van der Waals surface area contributed by atoms with Gasteiger partial charge >= 0.3 is 0 Å². The number of guanidine groups is 1. The van der Waals surface area contributed by atoms with Crippen molar-refractivity contribution in [3.63, 3.8) is 0 Å². The molecule has 0 spiro atoms. The molecule has 1 atom stereocenters. The van der Waals surface area contributed by atoms with Crippen LogP contribution < -0.4 is 5.32 Å². The van der Waals surface area contributed by atoms with E-state index in [1.165, 1.54) is 0 Å². The van der Waals surface area contributed by atoms with Crippen LogP contribution in [0.1, 0.15) is 11.7 Å². The minimum atomic E-state index is 0. The molecule has 0 aromatic carbocycles. The van der Waals surface area contributed by atoms with Crippen molar-refractivity contribution in [3.8, 4) is 12.3 Å². The van der Waals surface area contributed by atoms with Gasteiger partial charge < -0.3 is 15.0 Å². The smallest absolute Gasteiger partial charge is 0.193 e. The number of morpholine rings is 1. The van der Waals surface area contributed by atoms with Crippen molar-refractivity contribution < 1.29 is 4.74 Å². The van der Waals surface area contributed by atoms with E-state index in [0.717, 1.165) is 42.7 Å². The highest BCUT2D eigenvalue weighted by Gasteiger charge is 2.24. The zero-order valence-electron chi connectivity index (χ0n) is 13.6. The summed E-state index contributed by atoms with van der Waals surface area (Å²) in [6.45, 7) is 3.16. The number of rotatable bonds is 5. The van der Waals surface area contributed by atoms with E-state index < -0.39 is 0 Å². The van der Waals surface area contributed by atoms with Crippen LogP contribution in [0.2, 0.25) is 0 Å². The summed E-state index contributed by atoms with van der Waals surface area (Å²) in [5, 5.41) is 7.60. The number of thioether (sulfide) groups is 1. The second-order valence-electron chi connectivity index (χ2n) is 4.98. The fourth-order valence-corrected chi connectivity index (χ4v) is 2.86. The number of aryl methyl sites for hydroxylation is 1. The van der Waals surface area contributed by atoms with E-state index in [1.54, 1.807) is 16.4 Å². The Kier molecular flexibility index (Phi) is 9.43. The summed E-state index contributed by atoms with van der Waals surface area (Å²) in [6.07, 6.45) is 9.14. The van der Waals surface area contributed by atoms with Crippen LogP contribution in [0.15, 0.2) is 17.4 Å². The number of nitrogens with one attached hydrogen (secondary N) is 1. The summed E-state index contributed by atoms with van der Waals surface area (Å²) in [5.41, 5.74) is 1.10. The van der Waals surface area contributed by atoms with Crippen molar-refractivity contribution in [3.05, 3.63) is 18.0 Å². The Morgan fingerprint density at radius 2 is 2.48 bits per heavy atom. The van der Waals surface area contributed by atoms with Gasteiger partial charge in [0.05, 0.1) is 25.1 Å². The Bertz CT molecular complexity index is 542. The van der Waals surface area contributed by atoms with E-state index >= 15 is 0 Å². The lowest BCUT2D eigenvalue weighted by Gasteiger charge is -2.34. The maximum absolute atomic E-state index is 5.86. The molecule has 23 heavy (non-hydrogen) atoms. The first-order valence-corrected chi connectivity index (χ1v) is 8.47. The third-order valence-corrected chi connectivity index (χ3v) is 4.25. The van der Waals surface area contributed by atoms with Crippen molar-refractivity contribution in [2.24, 2.45) is 12.0 Å². The van der Waals surface area contributed by atoms with Crippen LogP contribution in [0.4, 0.5) is 0 Å². The van der Waals surface area contributed by atoms with Crippen molar-refractivity contribution in [2.75, 3.05) is 44.8 Å². The molecule has 1 aliphatic rings. The molecule has 1 unspecified atom stereocenters. The van der Waals surface area contributed by atoms with E-state index in [1.807, 2.05) is 26.5 Å². The maximum atomic E-state index is 5.86. The largest absolute Gasteiger partial charge is 0.370 e. The molecule has 1 fully saturated rings. The molecular weight excluding hydrogens is 425 g/mol. The van der Waals surface area contributed by atoms with E-state index in [9.17, 15) is 0 Å². The highest BCUT2D eigenvalue weighted by atomic mass is 127. The number of hydrogen-bond acceptors (Lipinski definition) is 4. The number of ether oxygens (including phenoxy) is 1. The number of aromatic nitrogens is 2. The van der Waals surface area contributed by atoms with E-state index in [0.29, 0.717) is 6.61 Å². The molecular formula is C15H24IN5OS. The molecule has 1 aromatic rings. The topological polar surface area (TPSA) is 54.7 Å². The maximum Gasteiger partial charge on any atom is 0.193 e. The molecule has 1 saturated heterocycles. The average molecular weight is 449 g/mol. The molecule has 0 bridgehead atoms. The standard InChI is InChI=1S/C15H23N5OS.HI/c1-4-8-22-9-5-17-15(16-2)20-6-7-21-14(12-20)13-10-18-19(3)11-13;/h1,10-11,14H,5-9,12H2,2-3H3,(H,16,17);1H. The molecule has 0 radical (unpaired) electrons. The van der Waals surface area contributed by atoms with Gasteiger partial charge in [-0.05, 0) is 0 Å². The van der Waals surface area contributed by atoms with Gasteiger partial charge in [0, 0.05) is 44.7 Å². The van der Waals surface area contributed by atoms with Crippen LogP contribution >= 0.6 is 35.7 Å². The first-order chi connectivity index (χ1) is 10.7. The van der Waals surface area contributed by atoms with E-state index in [-0.39, 0.29) is 30.1 Å². The summed E-state index contributed by atoms with van der Waals surface area (Å²) >= 11 is 1.74. The summed E-state index contributed by atoms with van der Waals surface area (Å²) < 4.78 is 7.65. The number of aliphatic imine (C=N–C) groups is 1. The van der Waals surface area contributed by atoms with Gasteiger partial charge in [0.2, 0.25) is 0 Å². The third kappa shape index (κ3) is 6.24. The molecule has 6 nitrogen and oxygen atoms in total. The van der Waals surface area contributed by atoms with Crippen molar-refractivity contribution in [2.45, 2.75) is 6.10 Å². The zero-order valence-corrected chi connectivity index (χ0v) is 16.7. The quantitative estimate of drug-likeness (QED) is 0.242. The van der Waals surface area contributed by atoms with Crippen molar-refractivity contribution >= 4 is 41.7 Å². The van der Waals surface area contributed by atoms with Gasteiger partial charge in [0.1, 0.15) is 6.10 Å². The highest BCUT2D eigenvalue weighted by Crippen LogP contribution is 2.21. The van der Waals surface area contributed by atoms with Gasteiger partial charge in [-0.1, -0.05) is 5.92 Å². The highest BCUT2D eigenvalue weighted by molar-refractivity contribution is 14.0. The van der Waals surface area contributed by atoms with Crippen LogP contribution in [0.5, 0.6) is 0 Å². The number of hydrogen-bond donors (Lipinski definition) is 1. The van der Waals surface area contributed by atoms with Crippen LogP contribution in [0, 0.1) is 12.3 Å². The first-order valence-electron chi connectivity index (χ1n) is 7.31. The monoisotopic (exact) mass is 449 g/mol. The molecule has 1 aliphatic heterocycles. The lowest BCUT2D eigenvalue weighted by Crippen LogP contribution is -2.48. The van der Waals surface area contributed by atoms with Crippen molar-refractivity contribution in [1.82, 2.24) is 20.0 Å². The predicted octanol–water partition coefficient (Wildman–Crippen LogP) is 1.35. The molecule has 8 heteroatoms. The van der Waals surface area contributed by atoms with Gasteiger partial charge in [0.15, 0.2) is 5.96 Å². The minimum absolute atomic E-state index is 0. The molecule has 1 aromatic heterocycles. The van der Waals surface area contributed by atoms with Crippen molar-refractivity contribution in [1.29, 1.82) is 0 Å². The Hall–Kier alpha value is -0.920. The minimum Gasteiger partial charge on any atom is -0.370 e. The van der Waals surface area contributed by atoms with Crippen LogP contribution in [-0.4, -0.2) is 65.4 Å². The summed E-state index contributed by atoms with van der Waals surface area (Å²) in [5.74, 6) is 5.27. The number of halogens is 1.